The summed E-state index contributed by atoms with van der Waals surface area (Å²) in [4.78, 5) is 70.9. The Morgan fingerprint density at radius 2 is 0.840 bits per heavy atom. The highest BCUT2D eigenvalue weighted by molar-refractivity contribution is 5.75. The number of hydroxylamine groups is 4. The van der Waals surface area contributed by atoms with Gasteiger partial charge in [0.05, 0.1) is 25.2 Å². The predicted octanol–water partition coefficient (Wildman–Crippen LogP) is 0.400. The van der Waals surface area contributed by atoms with Gasteiger partial charge in [-0.05, 0) is 76.3 Å². The average molecular weight is 707 g/mol. The van der Waals surface area contributed by atoms with Gasteiger partial charge in [-0.1, -0.05) is 12.8 Å². The molecule has 284 valence electrons. The van der Waals surface area contributed by atoms with E-state index in [0.29, 0.717) is 116 Å². The summed E-state index contributed by atoms with van der Waals surface area (Å²) in [6, 6.07) is -0.0537. The lowest BCUT2D eigenvalue weighted by Crippen LogP contribution is -2.53. The number of nitrogens with one attached hydrogen (secondary N) is 2. The fraction of sp³-hybridized carbons (Fsp3) is 0.882. The lowest BCUT2D eigenvalue weighted by Gasteiger charge is -2.36. The Morgan fingerprint density at radius 3 is 1.16 bits per heavy atom. The maximum atomic E-state index is 13.1. The smallest absolute Gasteiger partial charge is 0.328 e. The first-order chi connectivity index (χ1) is 24.3. The maximum Gasteiger partial charge on any atom is 0.328 e. The molecule has 16 nitrogen and oxygen atoms in total. The summed E-state index contributed by atoms with van der Waals surface area (Å²) in [5.74, 6) is 0.332. The highest BCUT2D eigenvalue weighted by Crippen LogP contribution is 2.28. The van der Waals surface area contributed by atoms with Crippen molar-refractivity contribution in [2.24, 2.45) is 35.1 Å². The molecule has 4 aliphatic heterocycles. The molecule has 5 fully saturated rings. The molecule has 5 rings (SSSR count). The van der Waals surface area contributed by atoms with E-state index >= 15 is 0 Å². The predicted molar refractivity (Wildman–Crippen MR) is 187 cm³/mol. The standard InChI is InChI=1S/C34H62N10O6/c35-23-27-7-11-41(12-8-27)33(47)37-25-39-15-19-43(20-16-39)49-31(45)29-3-1-4-30(6-2-5-29)32(46)50-44-21-17-40(18-22-44)26-38-34(48)42-13-9-28(24-36)10-14-42/h27-30H,1-26,35-36H2,(H,37,47)(H,38,48). The van der Waals surface area contributed by atoms with Gasteiger partial charge in [-0.2, -0.15) is 0 Å². The van der Waals surface area contributed by atoms with Crippen molar-refractivity contribution in [3.63, 3.8) is 0 Å². The van der Waals surface area contributed by atoms with E-state index in [0.717, 1.165) is 64.7 Å². The normalized spacial score (nSPS) is 26.1. The summed E-state index contributed by atoms with van der Waals surface area (Å²) in [5, 5.41) is 9.56. The molecule has 4 saturated heterocycles. The number of piperidine rings is 2. The van der Waals surface area contributed by atoms with E-state index in [1.54, 1.807) is 10.1 Å². The van der Waals surface area contributed by atoms with Crippen LogP contribution in [0.15, 0.2) is 0 Å². The number of urea groups is 2. The molecule has 4 amide bonds. The van der Waals surface area contributed by atoms with Crippen LogP contribution in [0.25, 0.3) is 0 Å². The van der Waals surface area contributed by atoms with Gasteiger partial charge in [0, 0.05) is 78.5 Å². The Hall–Kier alpha value is -2.76. The van der Waals surface area contributed by atoms with E-state index in [1.807, 2.05) is 9.80 Å². The first kappa shape index (κ1) is 38.5. The van der Waals surface area contributed by atoms with Crippen molar-refractivity contribution in [1.82, 2.24) is 40.4 Å². The van der Waals surface area contributed by atoms with Crippen molar-refractivity contribution in [3.05, 3.63) is 0 Å². The highest BCUT2D eigenvalue weighted by atomic mass is 16.7. The molecule has 6 N–H and O–H groups in total. The molecule has 0 bridgehead atoms. The molecule has 4 heterocycles. The summed E-state index contributed by atoms with van der Waals surface area (Å²) in [7, 11) is 0. The Kier molecular flexibility index (Phi) is 15.2. The van der Waals surface area contributed by atoms with Crippen LogP contribution in [0.3, 0.4) is 0 Å². The number of hydrogen-bond acceptors (Lipinski definition) is 12. The highest BCUT2D eigenvalue weighted by Gasteiger charge is 2.31. The summed E-state index contributed by atoms with van der Waals surface area (Å²) >= 11 is 0. The van der Waals surface area contributed by atoms with E-state index in [-0.39, 0.29) is 35.8 Å². The fourth-order valence-corrected chi connectivity index (χ4v) is 7.67. The van der Waals surface area contributed by atoms with Gasteiger partial charge in [0.2, 0.25) is 0 Å². The van der Waals surface area contributed by atoms with Crippen LogP contribution in [-0.2, 0) is 19.3 Å². The minimum absolute atomic E-state index is 0.0268. The number of piperazine rings is 2. The van der Waals surface area contributed by atoms with Gasteiger partial charge < -0.3 is 41.6 Å². The van der Waals surface area contributed by atoms with Gasteiger partial charge in [-0.25, -0.2) is 9.59 Å². The van der Waals surface area contributed by atoms with E-state index in [1.165, 1.54) is 0 Å². The van der Waals surface area contributed by atoms with Crippen LogP contribution in [0.4, 0.5) is 9.59 Å². The molecule has 0 unspecified atom stereocenters. The van der Waals surface area contributed by atoms with Crippen LogP contribution in [-0.4, -0.2) is 159 Å². The van der Waals surface area contributed by atoms with Gasteiger partial charge in [-0.3, -0.25) is 19.4 Å². The third-order valence-electron chi connectivity index (χ3n) is 11.4. The first-order valence-corrected chi connectivity index (χ1v) is 19.1. The topological polar surface area (TPSA) is 182 Å². The second-order valence-corrected chi connectivity index (χ2v) is 14.8. The number of rotatable bonds is 10. The van der Waals surface area contributed by atoms with Crippen molar-refractivity contribution in [2.45, 2.75) is 64.2 Å². The van der Waals surface area contributed by atoms with Crippen molar-refractivity contribution >= 4 is 24.0 Å². The van der Waals surface area contributed by atoms with Crippen LogP contribution < -0.4 is 22.1 Å². The van der Waals surface area contributed by atoms with E-state index in [4.69, 9.17) is 21.1 Å². The molecule has 1 saturated carbocycles. The monoisotopic (exact) mass is 706 g/mol. The third-order valence-corrected chi connectivity index (χ3v) is 11.4. The van der Waals surface area contributed by atoms with Crippen molar-refractivity contribution < 1.29 is 28.9 Å². The number of nitrogens with two attached hydrogens (primary N) is 2. The largest absolute Gasteiger partial charge is 0.368 e. The Bertz CT molecular complexity index is 994. The van der Waals surface area contributed by atoms with Crippen molar-refractivity contribution in [3.8, 4) is 0 Å². The molecule has 0 aromatic carbocycles. The maximum absolute atomic E-state index is 13.1. The molecule has 0 spiro atoms. The van der Waals surface area contributed by atoms with Crippen LogP contribution in [0, 0.1) is 23.7 Å². The quantitative estimate of drug-likeness (QED) is 0.246. The lowest BCUT2D eigenvalue weighted by atomic mass is 9.86. The number of carbonyl (C=O) groups is 4. The summed E-state index contributed by atoms with van der Waals surface area (Å²) in [6.07, 6.45) is 8.19. The zero-order valence-electron chi connectivity index (χ0n) is 30.0. The summed E-state index contributed by atoms with van der Waals surface area (Å²) in [5.41, 5.74) is 11.5. The molecule has 1 aliphatic carbocycles. The van der Waals surface area contributed by atoms with Crippen LogP contribution in [0.2, 0.25) is 0 Å². The third kappa shape index (κ3) is 11.6. The SMILES string of the molecule is NCC1CCN(C(=O)NCN2CCN(OC(=O)C3CCCC(C(=O)ON4CCN(CNC(=O)N5CCC(CN)CC5)CC4)CCC3)CC2)CC1. The zero-order valence-corrected chi connectivity index (χ0v) is 30.0. The average Bonchev–Trinajstić information content (AvgIpc) is 3.14. The zero-order chi connectivity index (χ0) is 35.3. The fourth-order valence-electron chi connectivity index (χ4n) is 7.67. The minimum Gasteiger partial charge on any atom is -0.368 e. The number of carbonyl (C=O) groups excluding carboxylic acids is 4. The second kappa shape index (κ2) is 19.7. The van der Waals surface area contributed by atoms with E-state index in [2.05, 4.69) is 20.4 Å². The summed E-state index contributed by atoms with van der Waals surface area (Å²) in [6.45, 7) is 10.6. The molecule has 0 aromatic heterocycles. The molecule has 0 atom stereocenters. The van der Waals surface area contributed by atoms with E-state index < -0.39 is 0 Å². The molecule has 50 heavy (non-hydrogen) atoms. The first-order valence-electron chi connectivity index (χ1n) is 19.1. The van der Waals surface area contributed by atoms with Gasteiger partial charge in [-0.15, -0.1) is 10.1 Å². The van der Waals surface area contributed by atoms with Crippen molar-refractivity contribution in [2.75, 3.05) is 105 Å². The van der Waals surface area contributed by atoms with Gasteiger partial charge in [0.25, 0.3) is 0 Å². The van der Waals surface area contributed by atoms with Crippen molar-refractivity contribution in [1.29, 1.82) is 0 Å². The molecule has 0 aromatic rings. The number of amides is 4. The minimum atomic E-state index is -0.182. The molecular weight excluding hydrogens is 644 g/mol. The Balaban J connectivity index is 0.907. The summed E-state index contributed by atoms with van der Waals surface area (Å²) < 4.78 is 0. The van der Waals surface area contributed by atoms with Gasteiger partial charge >= 0.3 is 24.0 Å². The molecule has 5 aliphatic rings. The van der Waals surface area contributed by atoms with Gasteiger partial charge in [0.1, 0.15) is 0 Å². The number of hydrogen-bond donors (Lipinski definition) is 4. The Labute approximate surface area is 297 Å². The van der Waals surface area contributed by atoms with E-state index in [9.17, 15) is 19.2 Å². The molecule has 0 radical (unpaired) electrons. The van der Waals surface area contributed by atoms with Crippen LogP contribution in [0.5, 0.6) is 0 Å². The van der Waals surface area contributed by atoms with Crippen LogP contribution >= 0.6 is 0 Å². The Morgan fingerprint density at radius 1 is 0.500 bits per heavy atom. The lowest BCUT2D eigenvalue weighted by molar-refractivity contribution is -0.204. The van der Waals surface area contributed by atoms with Crippen LogP contribution in [0.1, 0.15) is 64.2 Å². The molecular formula is C34H62N10O6. The number of nitrogens with zero attached hydrogens (tertiary/aromatic N) is 6. The second-order valence-electron chi connectivity index (χ2n) is 14.8. The number of likely N-dealkylation sites (tertiary alicyclic amines) is 2. The molecule has 16 heteroatoms. The van der Waals surface area contributed by atoms with Gasteiger partial charge in [0.15, 0.2) is 0 Å².